The molecule has 1 rings (SSSR count). The summed E-state index contributed by atoms with van der Waals surface area (Å²) in [5.41, 5.74) is 6.65. The molecular formula is C17H27NO2. The summed E-state index contributed by atoms with van der Waals surface area (Å²) in [6.07, 6.45) is 1.14. The fourth-order valence-corrected chi connectivity index (χ4v) is 2.93. The van der Waals surface area contributed by atoms with Gasteiger partial charge < -0.3 is 10.5 Å². The molecule has 0 radical (unpaired) electrons. The van der Waals surface area contributed by atoms with Crippen LogP contribution in [0.5, 0.6) is 0 Å². The maximum Gasteiger partial charge on any atom is 0.306 e. The highest BCUT2D eigenvalue weighted by atomic mass is 16.5. The minimum atomic E-state index is -0.521. The van der Waals surface area contributed by atoms with E-state index in [4.69, 9.17) is 10.5 Å². The summed E-state index contributed by atoms with van der Waals surface area (Å²) in [4.78, 5) is 12.0. The van der Waals surface area contributed by atoms with Crippen LogP contribution in [0, 0.1) is 5.92 Å². The molecule has 0 saturated carbocycles. The number of carbonyl (C=O) groups excluding carboxylic acids is 1. The third kappa shape index (κ3) is 3.60. The molecule has 20 heavy (non-hydrogen) atoms. The first-order valence-electron chi connectivity index (χ1n) is 7.14. The Morgan fingerprint density at radius 3 is 2.20 bits per heavy atom. The van der Waals surface area contributed by atoms with Crippen molar-refractivity contribution in [2.75, 3.05) is 7.11 Å². The van der Waals surface area contributed by atoms with Gasteiger partial charge in [0.25, 0.3) is 0 Å². The number of carbonyl (C=O) groups is 1. The molecule has 0 aliphatic rings. The van der Waals surface area contributed by atoms with Crippen LogP contribution < -0.4 is 5.73 Å². The average Bonchev–Trinajstić information content (AvgIpc) is 2.36. The molecule has 0 aliphatic heterocycles. The molecule has 1 aromatic rings. The molecule has 3 heteroatoms. The lowest BCUT2D eigenvalue weighted by atomic mass is 9.61. The minimum Gasteiger partial charge on any atom is -0.469 e. The molecule has 0 saturated heterocycles. The van der Waals surface area contributed by atoms with Gasteiger partial charge in [-0.15, -0.1) is 0 Å². The number of nitrogens with two attached hydrogens (primary N) is 1. The molecule has 1 unspecified atom stereocenters. The largest absolute Gasteiger partial charge is 0.469 e. The number of esters is 1. The lowest BCUT2D eigenvalue weighted by Crippen LogP contribution is -2.55. The lowest BCUT2D eigenvalue weighted by molar-refractivity contribution is -0.143. The van der Waals surface area contributed by atoms with Crippen LogP contribution in [0.25, 0.3) is 0 Å². The SMILES string of the molecule is COC(=O)CC(CC(C)C)(c1ccccc1)C(C)(C)N. The zero-order valence-electron chi connectivity index (χ0n) is 13.3. The Morgan fingerprint density at radius 1 is 1.25 bits per heavy atom. The molecule has 1 atom stereocenters. The smallest absolute Gasteiger partial charge is 0.306 e. The second kappa shape index (κ2) is 6.40. The highest BCUT2D eigenvalue weighted by molar-refractivity contribution is 5.72. The lowest BCUT2D eigenvalue weighted by Gasteiger charge is -2.46. The zero-order valence-corrected chi connectivity index (χ0v) is 13.3. The number of rotatable bonds is 6. The van der Waals surface area contributed by atoms with Crippen LogP contribution in [0.15, 0.2) is 30.3 Å². The van der Waals surface area contributed by atoms with Gasteiger partial charge in [0.15, 0.2) is 0 Å². The van der Waals surface area contributed by atoms with Crippen LogP contribution in [0.2, 0.25) is 0 Å². The van der Waals surface area contributed by atoms with Crippen LogP contribution >= 0.6 is 0 Å². The fraction of sp³-hybridized carbons (Fsp3) is 0.588. The Morgan fingerprint density at radius 2 is 1.80 bits per heavy atom. The Balaban J connectivity index is 3.37. The van der Waals surface area contributed by atoms with E-state index in [0.29, 0.717) is 12.3 Å². The quantitative estimate of drug-likeness (QED) is 0.812. The summed E-state index contributed by atoms with van der Waals surface area (Å²) >= 11 is 0. The molecule has 112 valence electrons. The van der Waals surface area contributed by atoms with Gasteiger partial charge in [-0.05, 0) is 31.7 Å². The normalized spacial score (nSPS) is 14.9. The molecule has 0 spiro atoms. The molecule has 0 aliphatic carbocycles. The van der Waals surface area contributed by atoms with E-state index in [2.05, 4.69) is 26.0 Å². The average molecular weight is 277 g/mol. The molecule has 2 N–H and O–H groups in total. The van der Waals surface area contributed by atoms with Crippen molar-refractivity contribution in [3.8, 4) is 0 Å². The summed E-state index contributed by atoms with van der Waals surface area (Å²) < 4.78 is 4.91. The third-order valence-electron chi connectivity index (χ3n) is 3.99. The van der Waals surface area contributed by atoms with E-state index >= 15 is 0 Å². The van der Waals surface area contributed by atoms with Gasteiger partial charge in [0, 0.05) is 11.0 Å². The summed E-state index contributed by atoms with van der Waals surface area (Å²) in [5, 5.41) is 0. The van der Waals surface area contributed by atoms with E-state index in [0.717, 1.165) is 12.0 Å². The standard InChI is InChI=1S/C17H27NO2/c1-13(2)11-17(16(3,4)18,12-15(19)20-5)14-9-7-6-8-10-14/h6-10,13H,11-12,18H2,1-5H3. The van der Waals surface area contributed by atoms with Gasteiger partial charge in [-0.1, -0.05) is 44.2 Å². The Labute approximate surface area is 122 Å². The maximum atomic E-state index is 12.0. The first-order chi connectivity index (χ1) is 9.23. The van der Waals surface area contributed by atoms with Gasteiger partial charge in [0.2, 0.25) is 0 Å². The van der Waals surface area contributed by atoms with Gasteiger partial charge in [-0.3, -0.25) is 4.79 Å². The van der Waals surface area contributed by atoms with Gasteiger partial charge in [-0.25, -0.2) is 0 Å². The molecule has 0 fully saturated rings. The molecular weight excluding hydrogens is 250 g/mol. The second-order valence-electron chi connectivity index (χ2n) is 6.52. The van der Waals surface area contributed by atoms with E-state index in [1.54, 1.807) is 0 Å². The summed E-state index contributed by atoms with van der Waals surface area (Å²) in [6.45, 7) is 8.29. The van der Waals surface area contributed by atoms with E-state index in [9.17, 15) is 4.79 Å². The summed E-state index contributed by atoms with van der Waals surface area (Å²) in [5.74, 6) is 0.218. The molecule has 0 aromatic heterocycles. The number of hydrogen-bond acceptors (Lipinski definition) is 3. The van der Waals surface area contributed by atoms with E-state index in [-0.39, 0.29) is 5.97 Å². The molecule has 0 amide bonds. The Hall–Kier alpha value is -1.35. The molecule has 0 bridgehead atoms. The van der Waals surface area contributed by atoms with E-state index in [1.165, 1.54) is 7.11 Å². The van der Waals surface area contributed by atoms with Crippen molar-refractivity contribution in [3.63, 3.8) is 0 Å². The van der Waals surface area contributed by atoms with Crippen molar-refractivity contribution in [1.82, 2.24) is 0 Å². The predicted molar refractivity (Wildman–Crippen MR) is 82.5 cm³/mol. The van der Waals surface area contributed by atoms with Crippen LogP contribution in [0.1, 0.15) is 46.1 Å². The summed E-state index contributed by atoms with van der Waals surface area (Å²) in [6, 6.07) is 10.1. The van der Waals surface area contributed by atoms with E-state index in [1.807, 2.05) is 32.0 Å². The number of benzene rings is 1. The highest BCUT2D eigenvalue weighted by Gasteiger charge is 2.46. The highest BCUT2D eigenvalue weighted by Crippen LogP contribution is 2.42. The Kier molecular flexibility index (Phi) is 5.35. The second-order valence-corrected chi connectivity index (χ2v) is 6.52. The fourth-order valence-electron chi connectivity index (χ4n) is 2.93. The molecule has 1 aromatic carbocycles. The third-order valence-corrected chi connectivity index (χ3v) is 3.99. The van der Waals surface area contributed by atoms with Crippen LogP contribution in [0.4, 0.5) is 0 Å². The van der Waals surface area contributed by atoms with Crippen molar-refractivity contribution >= 4 is 5.97 Å². The number of hydrogen-bond donors (Lipinski definition) is 1. The van der Waals surface area contributed by atoms with Crippen molar-refractivity contribution in [2.24, 2.45) is 11.7 Å². The van der Waals surface area contributed by atoms with Gasteiger partial charge >= 0.3 is 5.97 Å². The first-order valence-corrected chi connectivity index (χ1v) is 7.14. The topological polar surface area (TPSA) is 52.3 Å². The maximum absolute atomic E-state index is 12.0. The molecule has 0 heterocycles. The van der Waals surface area contributed by atoms with Crippen molar-refractivity contribution in [2.45, 2.75) is 51.5 Å². The van der Waals surface area contributed by atoms with E-state index < -0.39 is 11.0 Å². The number of methoxy groups -OCH3 is 1. The van der Waals surface area contributed by atoms with Crippen LogP contribution in [-0.2, 0) is 14.9 Å². The predicted octanol–water partition coefficient (Wildman–Crippen LogP) is 3.27. The molecule has 3 nitrogen and oxygen atoms in total. The van der Waals surface area contributed by atoms with Crippen LogP contribution in [-0.4, -0.2) is 18.6 Å². The summed E-state index contributed by atoms with van der Waals surface area (Å²) in [7, 11) is 1.43. The van der Waals surface area contributed by atoms with Gasteiger partial charge in [-0.2, -0.15) is 0 Å². The minimum absolute atomic E-state index is 0.215. The van der Waals surface area contributed by atoms with Crippen molar-refractivity contribution in [3.05, 3.63) is 35.9 Å². The first kappa shape index (κ1) is 16.7. The van der Waals surface area contributed by atoms with Crippen molar-refractivity contribution < 1.29 is 9.53 Å². The Bertz CT molecular complexity index is 434. The number of ether oxygens (including phenoxy) is 1. The van der Waals surface area contributed by atoms with Gasteiger partial charge in [0.1, 0.15) is 0 Å². The van der Waals surface area contributed by atoms with Crippen LogP contribution in [0.3, 0.4) is 0 Å². The van der Waals surface area contributed by atoms with Crippen molar-refractivity contribution in [1.29, 1.82) is 0 Å². The monoisotopic (exact) mass is 277 g/mol. The zero-order chi connectivity index (χ0) is 15.4. The van der Waals surface area contributed by atoms with Gasteiger partial charge in [0.05, 0.1) is 13.5 Å².